The van der Waals surface area contributed by atoms with E-state index in [2.05, 4.69) is 4.98 Å². The maximum Gasteiger partial charge on any atom is 0.272 e. The molecule has 3 aromatic rings. The molecule has 2 aromatic carbocycles. The second-order valence-electron chi connectivity index (χ2n) is 8.30. The Balaban J connectivity index is 1.53. The van der Waals surface area contributed by atoms with E-state index in [1.165, 1.54) is 4.90 Å². The van der Waals surface area contributed by atoms with Gasteiger partial charge in [-0.2, -0.15) is 0 Å². The summed E-state index contributed by atoms with van der Waals surface area (Å²) >= 11 is 0. The summed E-state index contributed by atoms with van der Waals surface area (Å²) in [6.07, 6.45) is 1.51. The summed E-state index contributed by atoms with van der Waals surface area (Å²) in [5.74, 6) is -0.0408. The number of rotatable bonds is 7. The van der Waals surface area contributed by atoms with Gasteiger partial charge in [0.2, 0.25) is 5.91 Å². The molecule has 0 saturated carbocycles. The van der Waals surface area contributed by atoms with Crippen LogP contribution in [0, 0.1) is 0 Å². The predicted molar refractivity (Wildman–Crippen MR) is 124 cm³/mol. The molecule has 0 bridgehead atoms. The number of carbonyl (C=O) groups excluding carboxylic acids is 1. The van der Waals surface area contributed by atoms with Crippen LogP contribution in [0.15, 0.2) is 59.4 Å². The lowest BCUT2D eigenvalue weighted by Crippen LogP contribution is -2.38. The van der Waals surface area contributed by atoms with Crippen LogP contribution in [0.3, 0.4) is 0 Å². The van der Waals surface area contributed by atoms with Crippen molar-refractivity contribution in [3.05, 3.63) is 76.2 Å². The number of benzene rings is 2. The van der Waals surface area contributed by atoms with Gasteiger partial charge in [0.1, 0.15) is 5.69 Å². The van der Waals surface area contributed by atoms with Crippen LogP contribution in [-0.2, 0) is 34.0 Å². The molecule has 1 aliphatic heterocycles. The molecule has 0 N–H and O–H groups in total. The summed E-state index contributed by atoms with van der Waals surface area (Å²) in [6.45, 7) is 0.520. The lowest BCUT2D eigenvalue weighted by molar-refractivity contribution is -0.131. The molecule has 168 valence electrons. The first kappa shape index (κ1) is 22.2. The molecule has 0 radical (unpaired) electrons. The van der Waals surface area contributed by atoms with Gasteiger partial charge in [-0.1, -0.05) is 42.5 Å². The Morgan fingerprint density at radius 1 is 1.09 bits per heavy atom. The summed E-state index contributed by atoms with van der Waals surface area (Å²) in [4.78, 5) is 32.0. The van der Waals surface area contributed by atoms with E-state index in [1.807, 2.05) is 54.6 Å². The first-order chi connectivity index (χ1) is 15.3. The lowest BCUT2D eigenvalue weighted by Gasteiger charge is -2.23. The zero-order valence-corrected chi connectivity index (χ0v) is 18.9. The SMILES string of the molecule is CN(C(=O)CCc1nc2ccccc2n(CCc2ccccc2)c1=O)[C@H]1CCS(=O)(=O)C1. The average molecular weight is 454 g/mol. The number of amides is 1. The molecule has 0 spiro atoms. The molecule has 1 atom stereocenters. The Morgan fingerprint density at radius 2 is 1.81 bits per heavy atom. The van der Waals surface area contributed by atoms with Crippen LogP contribution in [0.1, 0.15) is 24.1 Å². The summed E-state index contributed by atoms with van der Waals surface area (Å²) in [5.41, 5.74) is 2.82. The summed E-state index contributed by atoms with van der Waals surface area (Å²) in [5, 5.41) is 0. The van der Waals surface area contributed by atoms with Crippen LogP contribution in [0.25, 0.3) is 11.0 Å². The summed E-state index contributed by atoms with van der Waals surface area (Å²) < 4.78 is 25.2. The van der Waals surface area contributed by atoms with Gasteiger partial charge >= 0.3 is 0 Å². The van der Waals surface area contributed by atoms with Crippen LogP contribution in [0.2, 0.25) is 0 Å². The molecule has 0 aliphatic carbocycles. The number of sulfone groups is 1. The largest absolute Gasteiger partial charge is 0.342 e. The molecule has 1 aromatic heterocycles. The molecule has 7 nitrogen and oxygen atoms in total. The molecular formula is C24H27N3O4S. The molecule has 4 rings (SSSR count). The topological polar surface area (TPSA) is 89.3 Å². The van der Waals surface area contributed by atoms with Crippen LogP contribution >= 0.6 is 0 Å². The maximum absolute atomic E-state index is 13.2. The van der Waals surface area contributed by atoms with Crippen LogP contribution in [-0.4, -0.2) is 53.4 Å². The first-order valence-electron chi connectivity index (χ1n) is 10.8. The lowest BCUT2D eigenvalue weighted by atomic mass is 10.1. The Kier molecular flexibility index (Phi) is 6.41. The van der Waals surface area contributed by atoms with Gasteiger partial charge in [-0.3, -0.25) is 9.59 Å². The minimum absolute atomic E-state index is 0.00968. The number of para-hydroxylation sites is 2. The number of hydrogen-bond acceptors (Lipinski definition) is 5. The highest BCUT2D eigenvalue weighted by Crippen LogP contribution is 2.18. The monoisotopic (exact) mass is 453 g/mol. The van der Waals surface area contributed by atoms with E-state index in [0.29, 0.717) is 25.1 Å². The second kappa shape index (κ2) is 9.24. The van der Waals surface area contributed by atoms with Crippen molar-refractivity contribution in [3.63, 3.8) is 0 Å². The van der Waals surface area contributed by atoms with Gasteiger partial charge in [-0.05, 0) is 30.5 Å². The van der Waals surface area contributed by atoms with Crippen LogP contribution < -0.4 is 5.56 Å². The highest BCUT2D eigenvalue weighted by Gasteiger charge is 2.32. The van der Waals surface area contributed by atoms with Gasteiger partial charge in [-0.25, -0.2) is 13.4 Å². The minimum Gasteiger partial charge on any atom is -0.342 e. The van der Waals surface area contributed by atoms with E-state index in [0.717, 1.165) is 16.6 Å². The van der Waals surface area contributed by atoms with Crippen molar-refractivity contribution in [1.29, 1.82) is 0 Å². The number of hydrogen-bond donors (Lipinski definition) is 0. The van der Waals surface area contributed by atoms with Gasteiger partial charge in [0, 0.05) is 32.5 Å². The van der Waals surface area contributed by atoms with Crippen molar-refractivity contribution >= 4 is 26.8 Å². The van der Waals surface area contributed by atoms with Crippen LogP contribution in [0.4, 0.5) is 0 Å². The van der Waals surface area contributed by atoms with E-state index in [4.69, 9.17) is 0 Å². The molecule has 32 heavy (non-hydrogen) atoms. The quantitative estimate of drug-likeness (QED) is 0.547. The zero-order valence-electron chi connectivity index (χ0n) is 18.1. The van der Waals surface area contributed by atoms with Crippen molar-refractivity contribution in [2.75, 3.05) is 18.6 Å². The second-order valence-corrected chi connectivity index (χ2v) is 10.5. The maximum atomic E-state index is 13.2. The van der Waals surface area contributed by atoms with Gasteiger partial charge in [-0.15, -0.1) is 0 Å². The van der Waals surface area contributed by atoms with E-state index in [9.17, 15) is 18.0 Å². The van der Waals surface area contributed by atoms with Gasteiger partial charge in [0.25, 0.3) is 5.56 Å². The minimum atomic E-state index is -3.07. The third-order valence-electron chi connectivity index (χ3n) is 6.11. The van der Waals surface area contributed by atoms with Crippen molar-refractivity contribution < 1.29 is 13.2 Å². The van der Waals surface area contributed by atoms with Crippen molar-refractivity contribution in [2.45, 2.75) is 38.3 Å². The molecule has 2 heterocycles. The molecule has 8 heteroatoms. The average Bonchev–Trinajstić information content (AvgIpc) is 3.16. The predicted octanol–water partition coefficient (Wildman–Crippen LogP) is 2.22. The van der Waals surface area contributed by atoms with Crippen molar-refractivity contribution in [3.8, 4) is 0 Å². The standard InChI is InChI=1S/C24H27N3O4S/c1-26(19-14-16-32(30,31)17-19)23(28)12-11-21-24(29)27(15-13-18-7-3-2-4-8-18)22-10-6-5-9-20(22)25-21/h2-10,19H,11-17H2,1H3/t19-/m0/s1. The van der Waals surface area contributed by atoms with E-state index >= 15 is 0 Å². The smallest absolute Gasteiger partial charge is 0.272 e. The summed E-state index contributed by atoms with van der Waals surface area (Å²) in [7, 11) is -1.43. The molecule has 1 aliphatic rings. The number of carbonyl (C=O) groups is 1. The van der Waals surface area contributed by atoms with E-state index in [1.54, 1.807) is 11.6 Å². The highest BCUT2D eigenvalue weighted by atomic mass is 32.2. The van der Waals surface area contributed by atoms with Gasteiger partial charge in [0.15, 0.2) is 9.84 Å². The van der Waals surface area contributed by atoms with E-state index in [-0.39, 0.29) is 41.9 Å². The Bertz CT molecular complexity index is 1290. The number of aromatic nitrogens is 2. The summed E-state index contributed by atoms with van der Waals surface area (Å²) in [6, 6.07) is 17.2. The number of aryl methyl sites for hydroxylation is 3. The highest BCUT2D eigenvalue weighted by molar-refractivity contribution is 7.91. The normalized spacial score (nSPS) is 17.5. The third kappa shape index (κ3) is 4.91. The van der Waals surface area contributed by atoms with E-state index < -0.39 is 9.84 Å². The Hall–Kier alpha value is -3.00. The fourth-order valence-corrected chi connectivity index (χ4v) is 5.98. The molecular weight excluding hydrogens is 426 g/mol. The molecule has 1 fully saturated rings. The van der Waals surface area contributed by atoms with Gasteiger partial charge in [0.05, 0.1) is 22.5 Å². The zero-order chi connectivity index (χ0) is 22.7. The fraction of sp³-hybridized carbons (Fsp3) is 0.375. The number of nitrogens with zero attached hydrogens (tertiary/aromatic N) is 3. The fourth-order valence-electron chi connectivity index (χ4n) is 4.20. The number of fused-ring (bicyclic) bond motifs is 1. The Labute approximate surface area is 187 Å². The van der Waals surface area contributed by atoms with Crippen LogP contribution in [0.5, 0.6) is 0 Å². The van der Waals surface area contributed by atoms with Crippen molar-refractivity contribution in [2.24, 2.45) is 0 Å². The molecule has 0 unspecified atom stereocenters. The van der Waals surface area contributed by atoms with Gasteiger partial charge < -0.3 is 9.47 Å². The first-order valence-corrected chi connectivity index (χ1v) is 12.6. The molecule has 1 amide bonds. The van der Waals surface area contributed by atoms with Crippen molar-refractivity contribution in [1.82, 2.24) is 14.5 Å². The Morgan fingerprint density at radius 3 is 2.53 bits per heavy atom. The molecule has 1 saturated heterocycles. The third-order valence-corrected chi connectivity index (χ3v) is 7.86.